The molecule has 0 saturated carbocycles. The molecule has 0 aliphatic carbocycles. The van der Waals surface area contributed by atoms with E-state index in [1.807, 2.05) is 26.0 Å². The number of carbonyl (C=O) groups excluding carboxylic acids is 1. The van der Waals surface area contributed by atoms with Crippen LogP contribution >= 0.6 is 27.7 Å². The first-order valence-corrected chi connectivity index (χ1v) is 9.85. The zero-order valence-electron chi connectivity index (χ0n) is 14.5. The molecule has 2 rings (SSSR count). The van der Waals surface area contributed by atoms with Crippen LogP contribution in [0.1, 0.15) is 20.3 Å². The maximum Gasteiger partial charge on any atom is 0.262 e. The van der Waals surface area contributed by atoms with Crippen molar-refractivity contribution >= 4 is 44.5 Å². The standard InChI is InChI=1S/C17H22BrN3O3S/c1-4-7-21-16(23)13-8-12(18)5-6-14(13)20-17(21)25-10-15(22)19-11(2)9-24-3/h5-6,8,11H,4,7,9-10H2,1-3H3,(H,19,22). The summed E-state index contributed by atoms with van der Waals surface area (Å²) in [6.07, 6.45) is 0.811. The first kappa shape index (κ1) is 19.9. The van der Waals surface area contributed by atoms with E-state index in [1.54, 1.807) is 17.7 Å². The number of carbonyl (C=O) groups is 1. The Kier molecular flexibility index (Phi) is 7.46. The first-order valence-electron chi connectivity index (χ1n) is 8.07. The number of ether oxygens (including phenoxy) is 1. The lowest BCUT2D eigenvalue weighted by Gasteiger charge is -2.14. The van der Waals surface area contributed by atoms with Gasteiger partial charge in [-0.15, -0.1) is 0 Å². The van der Waals surface area contributed by atoms with Gasteiger partial charge in [0, 0.05) is 24.2 Å². The SMILES string of the molecule is CCCn1c(SCC(=O)NC(C)COC)nc2ccc(Br)cc2c1=O. The topological polar surface area (TPSA) is 73.2 Å². The molecule has 1 amide bonds. The van der Waals surface area contributed by atoms with E-state index in [1.165, 1.54) is 11.8 Å². The molecular weight excluding hydrogens is 406 g/mol. The summed E-state index contributed by atoms with van der Waals surface area (Å²) in [7, 11) is 1.60. The van der Waals surface area contributed by atoms with E-state index < -0.39 is 0 Å². The molecular formula is C17H22BrN3O3S. The van der Waals surface area contributed by atoms with Crippen molar-refractivity contribution in [3.05, 3.63) is 33.0 Å². The molecule has 1 aromatic heterocycles. The molecule has 1 unspecified atom stereocenters. The molecule has 0 saturated heterocycles. The van der Waals surface area contributed by atoms with E-state index in [4.69, 9.17) is 4.74 Å². The summed E-state index contributed by atoms with van der Waals surface area (Å²) >= 11 is 4.67. The molecule has 0 radical (unpaired) electrons. The molecule has 2 aromatic rings. The van der Waals surface area contributed by atoms with Crippen molar-refractivity contribution in [3.63, 3.8) is 0 Å². The normalized spacial score (nSPS) is 12.3. The van der Waals surface area contributed by atoms with Gasteiger partial charge < -0.3 is 10.1 Å². The molecule has 0 aliphatic heterocycles. The Labute approximate surface area is 159 Å². The number of nitrogens with one attached hydrogen (secondary N) is 1. The molecule has 6 nitrogen and oxygen atoms in total. The number of thioether (sulfide) groups is 1. The fourth-order valence-electron chi connectivity index (χ4n) is 2.44. The highest BCUT2D eigenvalue weighted by Crippen LogP contribution is 2.20. The second kappa shape index (κ2) is 9.35. The third-order valence-electron chi connectivity index (χ3n) is 3.48. The fraction of sp³-hybridized carbons (Fsp3) is 0.471. The molecule has 0 spiro atoms. The van der Waals surface area contributed by atoms with E-state index in [-0.39, 0.29) is 23.3 Å². The predicted octanol–water partition coefficient (Wildman–Crippen LogP) is 2.81. The zero-order chi connectivity index (χ0) is 18.4. The highest BCUT2D eigenvalue weighted by Gasteiger charge is 2.14. The van der Waals surface area contributed by atoms with Gasteiger partial charge in [0.25, 0.3) is 5.56 Å². The highest BCUT2D eigenvalue weighted by molar-refractivity contribution is 9.10. The molecule has 1 heterocycles. The number of rotatable bonds is 8. The lowest BCUT2D eigenvalue weighted by Crippen LogP contribution is -2.36. The summed E-state index contributed by atoms with van der Waals surface area (Å²) in [6.45, 7) is 4.91. The van der Waals surface area contributed by atoms with Crippen LogP contribution in [0, 0.1) is 0 Å². The van der Waals surface area contributed by atoms with Crippen LogP contribution in [0.3, 0.4) is 0 Å². The van der Waals surface area contributed by atoms with Crippen LogP contribution in [0.2, 0.25) is 0 Å². The Morgan fingerprint density at radius 2 is 2.24 bits per heavy atom. The maximum absolute atomic E-state index is 12.8. The Balaban J connectivity index is 2.24. The maximum atomic E-state index is 12.8. The Hall–Kier alpha value is -1.38. The van der Waals surface area contributed by atoms with E-state index >= 15 is 0 Å². The number of hydrogen-bond donors (Lipinski definition) is 1. The van der Waals surface area contributed by atoms with Gasteiger partial charge in [0.05, 0.1) is 23.3 Å². The number of nitrogens with zero attached hydrogens (tertiary/aromatic N) is 2. The zero-order valence-corrected chi connectivity index (χ0v) is 16.9. The highest BCUT2D eigenvalue weighted by atomic mass is 79.9. The smallest absolute Gasteiger partial charge is 0.262 e. The minimum atomic E-state index is -0.109. The van der Waals surface area contributed by atoms with Crippen LogP contribution < -0.4 is 10.9 Å². The van der Waals surface area contributed by atoms with Crippen molar-refractivity contribution in [2.45, 2.75) is 38.0 Å². The Morgan fingerprint density at radius 1 is 1.48 bits per heavy atom. The minimum Gasteiger partial charge on any atom is -0.383 e. The molecule has 1 N–H and O–H groups in total. The van der Waals surface area contributed by atoms with E-state index in [2.05, 4.69) is 26.2 Å². The van der Waals surface area contributed by atoms with Crippen molar-refractivity contribution in [1.29, 1.82) is 0 Å². The first-order chi connectivity index (χ1) is 12.0. The summed E-state index contributed by atoms with van der Waals surface area (Å²) < 4.78 is 7.49. The Bertz CT molecular complexity index is 810. The fourth-order valence-corrected chi connectivity index (χ4v) is 3.64. The summed E-state index contributed by atoms with van der Waals surface area (Å²) in [5.74, 6) is 0.0921. The van der Waals surface area contributed by atoms with Crippen LogP contribution in [0.15, 0.2) is 32.6 Å². The summed E-state index contributed by atoms with van der Waals surface area (Å²) in [4.78, 5) is 29.4. The molecule has 1 atom stereocenters. The van der Waals surface area contributed by atoms with Crippen LogP contribution in [0.25, 0.3) is 10.9 Å². The van der Waals surface area contributed by atoms with E-state index in [9.17, 15) is 9.59 Å². The molecule has 0 fully saturated rings. The number of methoxy groups -OCH3 is 1. The molecule has 1 aromatic carbocycles. The van der Waals surface area contributed by atoms with E-state index in [0.29, 0.717) is 29.2 Å². The Morgan fingerprint density at radius 3 is 2.92 bits per heavy atom. The molecule has 0 bridgehead atoms. The largest absolute Gasteiger partial charge is 0.383 e. The number of hydrogen-bond acceptors (Lipinski definition) is 5. The molecule has 25 heavy (non-hydrogen) atoms. The number of benzene rings is 1. The summed E-state index contributed by atoms with van der Waals surface area (Å²) in [6, 6.07) is 5.39. The van der Waals surface area contributed by atoms with Crippen LogP contribution in [-0.2, 0) is 16.1 Å². The van der Waals surface area contributed by atoms with E-state index in [0.717, 1.165) is 10.9 Å². The van der Waals surface area contributed by atoms with Crippen LogP contribution in [0.5, 0.6) is 0 Å². The third kappa shape index (κ3) is 5.29. The third-order valence-corrected chi connectivity index (χ3v) is 4.95. The average Bonchev–Trinajstić information content (AvgIpc) is 2.56. The van der Waals surface area contributed by atoms with Gasteiger partial charge in [-0.05, 0) is 31.5 Å². The van der Waals surface area contributed by atoms with Crippen molar-refractivity contribution in [3.8, 4) is 0 Å². The van der Waals surface area contributed by atoms with Gasteiger partial charge in [-0.1, -0.05) is 34.6 Å². The van der Waals surface area contributed by atoms with Gasteiger partial charge in [-0.3, -0.25) is 14.2 Å². The second-order valence-corrected chi connectivity index (χ2v) is 7.58. The summed E-state index contributed by atoms with van der Waals surface area (Å²) in [5, 5.41) is 4.00. The van der Waals surface area contributed by atoms with Gasteiger partial charge in [-0.25, -0.2) is 4.98 Å². The summed E-state index contributed by atoms with van der Waals surface area (Å²) in [5.41, 5.74) is 0.556. The molecule has 8 heteroatoms. The number of halogens is 1. The van der Waals surface area contributed by atoms with Gasteiger partial charge >= 0.3 is 0 Å². The average molecular weight is 428 g/mol. The molecule has 136 valence electrons. The van der Waals surface area contributed by atoms with Crippen molar-refractivity contribution in [2.24, 2.45) is 0 Å². The number of fused-ring (bicyclic) bond motifs is 1. The second-order valence-electron chi connectivity index (χ2n) is 5.73. The lowest BCUT2D eigenvalue weighted by molar-refractivity contribution is -0.119. The number of amides is 1. The lowest BCUT2D eigenvalue weighted by atomic mass is 10.2. The van der Waals surface area contributed by atoms with Crippen molar-refractivity contribution < 1.29 is 9.53 Å². The van der Waals surface area contributed by atoms with Gasteiger partial charge in [0.2, 0.25) is 5.91 Å². The molecule has 0 aliphatic rings. The quantitative estimate of drug-likeness (QED) is 0.517. The van der Waals surface area contributed by atoms with Crippen LogP contribution in [-0.4, -0.2) is 41.0 Å². The van der Waals surface area contributed by atoms with Crippen molar-refractivity contribution in [2.75, 3.05) is 19.5 Å². The minimum absolute atomic E-state index is 0.0575. The van der Waals surface area contributed by atoms with Gasteiger partial charge in [-0.2, -0.15) is 0 Å². The van der Waals surface area contributed by atoms with Crippen LogP contribution in [0.4, 0.5) is 0 Å². The van der Waals surface area contributed by atoms with Gasteiger partial charge in [0.15, 0.2) is 5.16 Å². The van der Waals surface area contributed by atoms with Gasteiger partial charge in [0.1, 0.15) is 0 Å². The van der Waals surface area contributed by atoms with Crippen molar-refractivity contribution in [1.82, 2.24) is 14.9 Å². The monoisotopic (exact) mass is 427 g/mol. The number of aromatic nitrogens is 2. The predicted molar refractivity (Wildman–Crippen MR) is 104 cm³/mol.